The first-order valence-corrected chi connectivity index (χ1v) is 6.23. The van der Waals surface area contributed by atoms with Gasteiger partial charge in [0, 0.05) is 13.2 Å². The van der Waals surface area contributed by atoms with Crippen LogP contribution in [0.4, 0.5) is 4.79 Å². The third-order valence-electron chi connectivity index (χ3n) is 2.94. The predicted molar refractivity (Wildman–Crippen MR) is 66.9 cm³/mol. The quantitative estimate of drug-likeness (QED) is 0.742. The Bertz CT molecular complexity index is 287. The van der Waals surface area contributed by atoms with Gasteiger partial charge in [-0.05, 0) is 26.7 Å². The first-order chi connectivity index (χ1) is 8.48. The highest BCUT2D eigenvalue weighted by atomic mass is 16.5. The second-order valence-electron chi connectivity index (χ2n) is 3.81. The number of barbiturate groups is 1. The highest BCUT2D eigenvalue weighted by molar-refractivity contribution is 6.19. The van der Waals surface area contributed by atoms with Gasteiger partial charge in [0.15, 0.2) is 0 Å². The van der Waals surface area contributed by atoms with E-state index < -0.39 is 23.3 Å². The Balaban J connectivity index is 0.000000494. The first-order valence-electron chi connectivity index (χ1n) is 6.23. The van der Waals surface area contributed by atoms with E-state index in [1.165, 1.54) is 0 Å². The van der Waals surface area contributed by atoms with Crippen molar-refractivity contribution in [1.29, 1.82) is 0 Å². The maximum atomic E-state index is 11.4. The molecule has 0 aromatic rings. The van der Waals surface area contributed by atoms with Crippen LogP contribution < -0.4 is 10.6 Å². The van der Waals surface area contributed by atoms with Crippen LogP contribution >= 0.6 is 0 Å². The molecule has 104 valence electrons. The van der Waals surface area contributed by atoms with Crippen LogP contribution in [0, 0.1) is 5.41 Å². The fourth-order valence-corrected chi connectivity index (χ4v) is 1.68. The minimum atomic E-state index is -1.06. The Kier molecular flexibility index (Phi) is 7.19. The number of ether oxygens (including phenoxy) is 1. The minimum Gasteiger partial charge on any atom is -0.382 e. The summed E-state index contributed by atoms with van der Waals surface area (Å²) in [4.78, 5) is 33.6. The molecule has 18 heavy (non-hydrogen) atoms. The molecule has 6 heteroatoms. The smallest absolute Gasteiger partial charge is 0.328 e. The maximum absolute atomic E-state index is 11.4. The molecular formula is C12H22N2O4. The molecule has 0 saturated carbocycles. The van der Waals surface area contributed by atoms with E-state index in [4.69, 9.17) is 4.74 Å². The van der Waals surface area contributed by atoms with E-state index in [1.807, 2.05) is 13.8 Å². The fraction of sp³-hybridized carbons (Fsp3) is 0.750. The van der Waals surface area contributed by atoms with Gasteiger partial charge in [0.25, 0.3) is 0 Å². The zero-order valence-corrected chi connectivity index (χ0v) is 11.5. The van der Waals surface area contributed by atoms with Gasteiger partial charge in [-0.15, -0.1) is 0 Å². The molecule has 1 saturated heterocycles. The molecular weight excluding hydrogens is 236 g/mol. The third kappa shape index (κ3) is 3.80. The molecule has 0 aliphatic carbocycles. The van der Waals surface area contributed by atoms with Crippen molar-refractivity contribution >= 4 is 17.8 Å². The van der Waals surface area contributed by atoms with Crippen LogP contribution in [0.1, 0.15) is 40.5 Å². The van der Waals surface area contributed by atoms with Gasteiger partial charge in [-0.2, -0.15) is 0 Å². The van der Waals surface area contributed by atoms with Gasteiger partial charge in [-0.25, -0.2) is 4.79 Å². The molecule has 1 aliphatic rings. The van der Waals surface area contributed by atoms with Crippen LogP contribution in [0.3, 0.4) is 0 Å². The average Bonchev–Trinajstić information content (AvgIpc) is 2.31. The molecule has 6 nitrogen and oxygen atoms in total. The monoisotopic (exact) mass is 258 g/mol. The normalized spacial score (nSPS) is 17.4. The first kappa shape index (κ1) is 16.6. The van der Waals surface area contributed by atoms with E-state index in [1.54, 1.807) is 13.8 Å². The van der Waals surface area contributed by atoms with Gasteiger partial charge < -0.3 is 4.74 Å². The van der Waals surface area contributed by atoms with Crippen molar-refractivity contribution in [3.8, 4) is 0 Å². The largest absolute Gasteiger partial charge is 0.382 e. The fourth-order valence-electron chi connectivity index (χ4n) is 1.68. The zero-order valence-electron chi connectivity index (χ0n) is 11.5. The zero-order chi connectivity index (χ0) is 14.2. The molecule has 1 aliphatic heterocycles. The second-order valence-corrected chi connectivity index (χ2v) is 3.81. The number of rotatable bonds is 4. The lowest BCUT2D eigenvalue weighted by molar-refractivity contribution is -0.144. The standard InChI is InChI=1S/C8H12N2O3.C4H10O/c1-3-8(4-2)5(11)9-7(13)10-6(8)12;1-3-5-4-2/h3-4H2,1-2H3,(H2,9,10,11,12,13);3-4H2,1-2H3. The number of urea groups is 1. The molecule has 4 amide bonds. The summed E-state index contributed by atoms with van der Waals surface area (Å²) in [5.41, 5.74) is -1.06. The summed E-state index contributed by atoms with van der Waals surface area (Å²) in [6.45, 7) is 9.16. The molecule has 2 N–H and O–H groups in total. The van der Waals surface area contributed by atoms with E-state index >= 15 is 0 Å². The number of hydrogen-bond donors (Lipinski definition) is 2. The van der Waals surface area contributed by atoms with Gasteiger partial charge in [0.2, 0.25) is 11.8 Å². The Morgan fingerprint density at radius 2 is 1.28 bits per heavy atom. The molecule has 1 heterocycles. The Hall–Kier alpha value is -1.43. The topological polar surface area (TPSA) is 84.5 Å². The lowest BCUT2D eigenvalue weighted by Gasteiger charge is -2.31. The van der Waals surface area contributed by atoms with Crippen LogP contribution in [-0.4, -0.2) is 31.1 Å². The molecule has 0 bridgehead atoms. The second kappa shape index (κ2) is 7.81. The Morgan fingerprint density at radius 1 is 0.889 bits per heavy atom. The van der Waals surface area contributed by atoms with Crippen LogP contribution in [0.25, 0.3) is 0 Å². The lowest BCUT2D eigenvalue weighted by atomic mass is 9.79. The Labute approximate surface area is 107 Å². The van der Waals surface area contributed by atoms with Crippen LogP contribution in [0.2, 0.25) is 0 Å². The highest BCUT2D eigenvalue weighted by Crippen LogP contribution is 2.28. The van der Waals surface area contributed by atoms with Crippen molar-refractivity contribution in [2.75, 3.05) is 13.2 Å². The third-order valence-corrected chi connectivity index (χ3v) is 2.94. The summed E-state index contributed by atoms with van der Waals surface area (Å²) >= 11 is 0. The number of hydrogen-bond acceptors (Lipinski definition) is 4. The summed E-state index contributed by atoms with van der Waals surface area (Å²) in [5.74, 6) is -0.988. The molecule has 0 aromatic heterocycles. The summed E-state index contributed by atoms with van der Waals surface area (Å²) in [7, 11) is 0. The van der Waals surface area contributed by atoms with Gasteiger partial charge in [0.05, 0.1) is 0 Å². The van der Waals surface area contributed by atoms with E-state index in [-0.39, 0.29) is 0 Å². The van der Waals surface area contributed by atoms with Crippen molar-refractivity contribution in [1.82, 2.24) is 10.6 Å². The Morgan fingerprint density at radius 3 is 1.50 bits per heavy atom. The molecule has 0 radical (unpaired) electrons. The summed E-state index contributed by atoms with van der Waals surface area (Å²) in [5, 5.41) is 4.19. The number of amides is 4. The summed E-state index contributed by atoms with van der Waals surface area (Å²) < 4.78 is 4.83. The molecule has 0 aromatic carbocycles. The van der Waals surface area contributed by atoms with Crippen molar-refractivity contribution in [3.63, 3.8) is 0 Å². The van der Waals surface area contributed by atoms with Gasteiger partial charge in [-0.1, -0.05) is 13.8 Å². The lowest BCUT2D eigenvalue weighted by Crippen LogP contribution is -2.61. The summed E-state index contributed by atoms with van der Waals surface area (Å²) in [6, 6.07) is -0.729. The maximum Gasteiger partial charge on any atom is 0.328 e. The van der Waals surface area contributed by atoms with Crippen LogP contribution in [-0.2, 0) is 14.3 Å². The van der Waals surface area contributed by atoms with E-state index in [0.717, 1.165) is 13.2 Å². The van der Waals surface area contributed by atoms with Gasteiger partial charge in [-0.3, -0.25) is 20.2 Å². The SMILES string of the molecule is CCC1(CC)C(=O)NC(=O)NC1=O.CCOCC. The van der Waals surface area contributed by atoms with Gasteiger partial charge >= 0.3 is 6.03 Å². The highest BCUT2D eigenvalue weighted by Gasteiger charge is 2.47. The number of nitrogens with one attached hydrogen (secondary N) is 2. The van der Waals surface area contributed by atoms with Crippen molar-refractivity contribution in [3.05, 3.63) is 0 Å². The molecule has 0 unspecified atom stereocenters. The van der Waals surface area contributed by atoms with E-state index in [2.05, 4.69) is 10.6 Å². The van der Waals surface area contributed by atoms with Crippen molar-refractivity contribution in [2.24, 2.45) is 5.41 Å². The van der Waals surface area contributed by atoms with Crippen LogP contribution in [0.15, 0.2) is 0 Å². The minimum absolute atomic E-state index is 0.397. The number of imide groups is 2. The molecule has 0 spiro atoms. The van der Waals surface area contributed by atoms with E-state index in [0.29, 0.717) is 12.8 Å². The number of carbonyl (C=O) groups is 3. The summed E-state index contributed by atoms with van der Waals surface area (Å²) in [6.07, 6.45) is 0.795. The molecule has 0 atom stereocenters. The predicted octanol–water partition coefficient (Wildman–Crippen LogP) is 1.20. The van der Waals surface area contributed by atoms with Gasteiger partial charge in [0.1, 0.15) is 5.41 Å². The number of carbonyl (C=O) groups excluding carboxylic acids is 3. The van der Waals surface area contributed by atoms with Crippen molar-refractivity contribution < 1.29 is 19.1 Å². The molecule has 1 fully saturated rings. The van der Waals surface area contributed by atoms with E-state index in [9.17, 15) is 14.4 Å². The molecule has 1 rings (SSSR count). The van der Waals surface area contributed by atoms with Crippen molar-refractivity contribution in [2.45, 2.75) is 40.5 Å². The van der Waals surface area contributed by atoms with Crippen LogP contribution in [0.5, 0.6) is 0 Å². The average molecular weight is 258 g/mol.